The van der Waals surface area contributed by atoms with Crippen LogP contribution in [0.25, 0.3) is 10.8 Å². The highest BCUT2D eigenvalue weighted by Gasteiger charge is 2.21. The van der Waals surface area contributed by atoms with Crippen LogP contribution >= 0.6 is 35.4 Å². The molecule has 61 heavy (non-hydrogen) atoms. The van der Waals surface area contributed by atoms with Crippen molar-refractivity contribution < 1.29 is 55.2 Å². The molecule has 0 atom stereocenters. The van der Waals surface area contributed by atoms with Crippen molar-refractivity contribution >= 4 is 111 Å². The summed E-state index contributed by atoms with van der Waals surface area (Å²) in [5.41, 5.74) is 1.86. The molecule has 0 aliphatic heterocycles. The van der Waals surface area contributed by atoms with Gasteiger partial charge in [0.1, 0.15) is 22.8 Å². The molecule has 0 saturated heterocycles. The fourth-order valence-electron chi connectivity index (χ4n) is 5.39. The minimum Gasteiger partial charge on any atom is -0.339 e. The van der Waals surface area contributed by atoms with Crippen LogP contribution in [0.3, 0.4) is 0 Å². The van der Waals surface area contributed by atoms with Crippen LogP contribution in [0.1, 0.15) is 22.3 Å². The zero-order valence-electron chi connectivity index (χ0n) is 30.7. The number of azo groups is 2. The molecule has 0 spiro atoms. The molecule has 26 heteroatoms. The largest absolute Gasteiger partial charge is 0.339 e. The zero-order chi connectivity index (χ0) is 43.9. The lowest BCUT2D eigenvalue weighted by Gasteiger charge is -2.16. The molecule has 6 aromatic rings. The topological polar surface area (TPSA) is 320 Å². The van der Waals surface area contributed by atoms with Gasteiger partial charge in [-0.2, -0.15) is 27.4 Å². The lowest BCUT2D eigenvalue weighted by atomic mass is 10.1. The number of benzene rings is 4. The summed E-state index contributed by atoms with van der Waals surface area (Å²) in [5.74, 6) is 0.00980. The number of pyridine rings is 1. The Morgan fingerprint density at radius 3 is 1.84 bits per heavy atom. The molecule has 0 saturated carbocycles. The standard InChI is InChI=1S/C35H25N9O12S5/c1-18-28(16-36)32(38-21-3-8-25(9-4-21)60(47,48)49)40-33(39-22-5-10-26(11-6-22)61(50,51)52)31(18)42-44-35-29(17-37)19(2)34(57-35)43-41-23-7-12-27-20(13-23)14-24(58-55-53-45)15-30(27)59-56-54-46/h3-15,45-46H,1-2H3,(H2,38,39,40)(H,47,48,49)(H,50,51,52). The quantitative estimate of drug-likeness (QED) is 0.0173. The van der Waals surface area contributed by atoms with Crippen LogP contribution in [-0.2, 0) is 39.0 Å². The highest BCUT2D eigenvalue weighted by atomic mass is 32.2. The zero-order valence-corrected chi connectivity index (χ0v) is 34.8. The minimum atomic E-state index is -4.50. The van der Waals surface area contributed by atoms with Gasteiger partial charge in [0.15, 0.2) is 16.6 Å². The third-order valence-corrected chi connectivity index (χ3v) is 12.3. The number of nitrogens with one attached hydrogen (secondary N) is 2. The summed E-state index contributed by atoms with van der Waals surface area (Å²) < 4.78 is 74.4. The molecule has 0 fully saturated rings. The lowest BCUT2D eigenvalue weighted by Crippen LogP contribution is -2.05. The van der Waals surface area contributed by atoms with E-state index in [-0.39, 0.29) is 54.5 Å². The first-order chi connectivity index (χ1) is 29.1. The maximum absolute atomic E-state index is 11.7. The molecule has 0 bridgehead atoms. The Balaban J connectivity index is 1.37. The van der Waals surface area contributed by atoms with E-state index in [1.54, 1.807) is 44.2 Å². The summed E-state index contributed by atoms with van der Waals surface area (Å²) >= 11 is 2.39. The van der Waals surface area contributed by atoms with Gasteiger partial charge >= 0.3 is 0 Å². The normalized spacial score (nSPS) is 11.9. The van der Waals surface area contributed by atoms with E-state index in [1.807, 2.05) is 0 Å². The number of fused-ring (bicyclic) bond motifs is 1. The van der Waals surface area contributed by atoms with Crippen LogP contribution in [0.2, 0.25) is 0 Å². The second-order valence-electron chi connectivity index (χ2n) is 12.0. The monoisotopic (exact) mass is 923 g/mol. The number of aromatic nitrogens is 1. The summed E-state index contributed by atoms with van der Waals surface area (Å²) in [6, 6.07) is 22.5. The van der Waals surface area contributed by atoms with Crippen molar-refractivity contribution in [1.29, 1.82) is 10.5 Å². The predicted molar refractivity (Wildman–Crippen MR) is 220 cm³/mol. The Morgan fingerprint density at radius 2 is 1.26 bits per heavy atom. The highest BCUT2D eigenvalue weighted by molar-refractivity contribution is 7.95. The Kier molecular flexibility index (Phi) is 14.0. The van der Waals surface area contributed by atoms with Crippen molar-refractivity contribution in [3.63, 3.8) is 0 Å². The van der Waals surface area contributed by atoms with Gasteiger partial charge in [-0.15, -0.1) is 29.1 Å². The van der Waals surface area contributed by atoms with Gasteiger partial charge in [-0.1, -0.05) is 27.5 Å². The van der Waals surface area contributed by atoms with Crippen LogP contribution in [0, 0.1) is 36.5 Å². The minimum absolute atomic E-state index is 0.00153. The second kappa shape index (κ2) is 19.2. The SMILES string of the molecule is Cc1c(N=Nc2ccc3c(SOOO)cc(SOOO)cc3c2)sc(N=Nc2c(Nc3ccc(S(=O)(=O)O)cc3)nc(Nc3ccc(S(=O)(=O)O)cc3)c(C#N)c2C)c1C#N. The summed E-state index contributed by atoms with van der Waals surface area (Å²) in [5, 5.41) is 70.2. The van der Waals surface area contributed by atoms with Gasteiger partial charge in [-0.3, -0.25) is 9.11 Å². The molecule has 0 amide bonds. The maximum Gasteiger partial charge on any atom is 0.294 e. The first-order valence-electron chi connectivity index (χ1n) is 16.5. The third-order valence-electron chi connectivity index (χ3n) is 8.26. The van der Waals surface area contributed by atoms with Gasteiger partial charge < -0.3 is 10.6 Å². The molecule has 312 valence electrons. The molecule has 2 heterocycles. The second-order valence-corrected chi connectivity index (χ2v) is 17.4. The molecular weight excluding hydrogens is 899 g/mol. The van der Waals surface area contributed by atoms with Crippen LogP contribution in [-0.4, -0.2) is 41.4 Å². The molecule has 0 unspecified atom stereocenters. The average molecular weight is 924 g/mol. The average Bonchev–Trinajstić information content (AvgIpc) is 3.53. The molecule has 4 aromatic carbocycles. The van der Waals surface area contributed by atoms with Crippen LogP contribution in [0.4, 0.5) is 44.4 Å². The van der Waals surface area contributed by atoms with Crippen molar-refractivity contribution in [1.82, 2.24) is 4.98 Å². The van der Waals surface area contributed by atoms with E-state index in [9.17, 15) is 36.5 Å². The summed E-state index contributed by atoms with van der Waals surface area (Å²) in [4.78, 5) is 4.80. The van der Waals surface area contributed by atoms with Crippen molar-refractivity contribution in [2.24, 2.45) is 20.5 Å². The van der Waals surface area contributed by atoms with E-state index in [2.05, 4.69) is 67.0 Å². The van der Waals surface area contributed by atoms with E-state index in [1.165, 1.54) is 24.3 Å². The number of nitriles is 2. The van der Waals surface area contributed by atoms with Gasteiger partial charge in [0.05, 0.1) is 50.7 Å². The number of nitrogens with zero attached hydrogens (tertiary/aromatic N) is 7. The van der Waals surface area contributed by atoms with E-state index in [0.29, 0.717) is 66.6 Å². The van der Waals surface area contributed by atoms with Crippen LogP contribution in [0.15, 0.2) is 119 Å². The number of thiophene rings is 1. The Labute approximate surface area is 357 Å². The van der Waals surface area contributed by atoms with Gasteiger partial charge in [0.2, 0.25) is 0 Å². The van der Waals surface area contributed by atoms with Crippen molar-refractivity contribution in [2.45, 2.75) is 33.4 Å². The van der Waals surface area contributed by atoms with Crippen molar-refractivity contribution in [3.05, 3.63) is 101 Å². The van der Waals surface area contributed by atoms with Crippen LogP contribution in [0.5, 0.6) is 0 Å². The Bertz CT molecular complexity index is 3010. The first kappa shape index (κ1) is 44.6. The number of hydrogen-bond acceptors (Lipinski definition) is 22. The molecule has 6 N–H and O–H groups in total. The number of hydrogen-bond donors (Lipinski definition) is 6. The third kappa shape index (κ3) is 10.7. The van der Waals surface area contributed by atoms with Crippen molar-refractivity contribution in [2.75, 3.05) is 10.6 Å². The number of rotatable bonds is 16. The molecule has 0 radical (unpaired) electrons. The van der Waals surface area contributed by atoms with Gasteiger partial charge in [0.25, 0.3) is 20.2 Å². The fraction of sp³-hybridized carbons (Fsp3) is 0.0571. The Hall–Kier alpha value is -5.95. The maximum atomic E-state index is 11.7. The molecule has 2 aromatic heterocycles. The van der Waals surface area contributed by atoms with E-state index in [4.69, 9.17) is 10.5 Å². The molecule has 0 aliphatic carbocycles. The Morgan fingerprint density at radius 1 is 0.689 bits per heavy atom. The van der Waals surface area contributed by atoms with E-state index < -0.39 is 20.2 Å². The fourth-order valence-corrected chi connectivity index (χ4v) is 8.33. The molecule has 21 nitrogen and oxygen atoms in total. The number of anilines is 4. The predicted octanol–water partition coefficient (Wildman–Crippen LogP) is 10.3. The molecule has 6 rings (SSSR count). The highest BCUT2D eigenvalue weighted by Crippen LogP contribution is 2.44. The molecule has 0 aliphatic rings. The van der Waals surface area contributed by atoms with Gasteiger partial charge in [0, 0.05) is 32.3 Å². The summed E-state index contributed by atoms with van der Waals surface area (Å²) in [7, 11) is -8.98. The molecular formula is C35H25N9O12S5. The van der Waals surface area contributed by atoms with Gasteiger partial charge in [-0.25, -0.2) is 15.5 Å². The van der Waals surface area contributed by atoms with Crippen molar-refractivity contribution in [3.8, 4) is 12.1 Å². The van der Waals surface area contributed by atoms with Crippen LogP contribution < -0.4 is 10.6 Å². The summed E-state index contributed by atoms with van der Waals surface area (Å²) in [6.07, 6.45) is 0. The smallest absolute Gasteiger partial charge is 0.294 e. The van der Waals surface area contributed by atoms with E-state index >= 15 is 0 Å². The first-order valence-corrected chi connectivity index (χ1v) is 21.7. The summed E-state index contributed by atoms with van der Waals surface area (Å²) in [6.45, 7) is 3.21. The van der Waals surface area contributed by atoms with Gasteiger partial charge in [-0.05, 0) is 97.4 Å². The van der Waals surface area contributed by atoms with E-state index in [0.717, 1.165) is 35.6 Å². The lowest BCUT2D eigenvalue weighted by molar-refractivity contribution is -0.432.